The van der Waals surface area contributed by atoms with Crippen molar-refractivity contribution in [2.24, 2.45) is 11.7 Å². The highest BCUT2D eigenvalue weighted by Gasteiger charge is 2.26. The van der Waals surface area contributed by atoms with Crippen LogP contribution in [0.5, 0.6) is 11.5 Å². The highest BCUT2D eigenvalue weighted by molar-refractivity contribution is 5.95. The second-order valence-electron chi connectivity index (χ2n) is 5.35. The second-order valence-corrected chi connectivity index (χ2v) is 5.35. The molecular weight excluding hydrogens is 292 g/mol. The molecule has 1 saturated heterocycles. The molecule has 0 bridgehead atoms. The fourth-order valence-electron chi connectivity index (χ4n) is 2.69. The third-order valence-electron chi connectivity index (χ3n) is 3.90. The first kappa shape index (κ1) is 15.9. The summed E-state index contributed by atoms with van der Waals surface area (Å²) < 4.78 is 11.2. The maximum atomic E-state index is 12.5. The van der Waals surface area contributed by atoms with Crippen LogP contribution in [0.3, 0.4) is 0 Å². The quantitative estimate of drug-likeness (QED) is 0.902. The summed E-state index contributed by atoms with van der Waals surface area (Å²) in [5.74, 6) is 1.87. The molecule has 21 heavy (non-hydrogen) atoms. The van der Waals surface area contributed by atoms with Gasteiger partial charge in [-0.2, -0.15) is 0 Å². The minimum absolute atomic E-state index is 0. The van der Waals surface area contributed by atoms with Crippen LogP contribution in [0, 0.1) is 5.92 Å². The van der Waals surface area contributed by atoms with Crippen LogP contribution in [-0.2, 0) is 0 Å². The minimum atomic E-state index is 0. The molecule has 1 amide bonds. The van der Waals surface area contributed by atoms with Crippen LogP contribution in [0.25, 0.3) is 0 Å². The molecule has 6 heteroatoms. The van der Waals surface area contributed by atoms with E-state index in [0.717, 1.165) is 31.7 Å². The zero-order chi connectivity index (χ0) is 13.9. The largest absolute Gasteiger partial charge is 0.490 e. The van der Waals surface area contributed by atoms with Gasteiger partial charge in [0.05, 0.1) is 13.2 Å². The summed E-state index contributed by atoms with van der Waals surface area (Å²) in [6, 6.07) is 5.43. The van der Waals surface area contributed by atoms with Crippen molar-refractivity contribution in [3.63, 3.8) is 0 Å². The van der Waals surface area contributed by atoms with Crippen molar-refractivity contribution in [1.29, 1.82) is 0 Å². The van der Waals surface area contributed by atoms with Gasteiger partial charge in [0.25, 0.3) is 5.91 Å². The van der Waals surface area contributed by atoms with E-state index in [2.05, 4.69) is 0 Å². The van der Waals surface area contributed by atoms with Crippen LogP contribution in [0.2, 0.25) is 0 Å². The Kier molecular flexibility index (Phi) is 5.31. The first-order chi connectivity index (χ1) is 9.78. The lowest BCUT2D eigenvalue weighted by Crippen LogP contribution is -2.29. The number of halogens is 1. The molecule has 1 aromatic rings. The van der Waals surface area contributed by atoms with E-state index in [1.54, 1.807) is 6.07 Å². The van der Waals surface area contributed by atoms with Crippen LogP contribution in [0.1, 0.15) is 23.2 Å². The van der Waals surface area contributed by atoms with E-state index in [9.17, 15) is 4.79 Å². The molecule has 0 saturated carbocycles. The number of amides is 1. The molecule has 2 aliphatic rings. The van der Waals surface area contributed by atoms with Crippen LogP contribution < -0.4 is 15.2 Å². The number of benzene rings is 1. The van der Waals surface area contributed by atoms with Crippen LogP contribution >= 0.6 is 12.4 Å². The van der Waals surface area contributed by atoms with Gasteiger partial charge < -0.3 is 20.1 Å². The molecule has 0 aliphatic carbocycles. The molecule has 1 atom stereocenters. The summed E-state index contributed by atoms with van der Waals surface area (Å²) in [7, 11) is 0. The molecule has 2 heterocycles. The van der Waals surface area contributed by atoms with Gasteiger partial charge in [0.15, 0.2) is 11.5 Å². The Balaban J connectivity index is 0.00000161. The van der Waals surface area contributed by atoms with Crippen LogP contribution in [0.15, 0.2) is 18.2 Å². The van der Waals surface area contributed by atoms with Gasteiger partial charge in [0.1, 0.15) is 0 Å². The number of nitrogens with two attached hydrogens (primary N) is 1. The molecule has 5 nitrogen and oxygen atoms in total. The van der Waals surface area contributed by atoms with Crippen LogP contribution in [0.4, 0.5) is 0 Å². The normalized spacial score (nSPS) is 20.6. The van der Waals surface area contributed by atoms with Crippen LogP contribution in [-0.4, -0.2) is 43.7 Å². The first-order valence-electron chi connectivity index (χ1n) is 7.17. The molecular formula is C15H21ClN2O3. The van der Waals surface area contributed by atoms with E-state index < -0.39 is 0 Å². The second kappa shape index (κ2) is 7.00. The highest BCUT2D eigenvalue weighted by atomic mass is 35.5. The molecule has 2 aliphatic heterocycles. The smallest absolute Gasteiger partial charge is 0.254 e. The number of hydrogen-bond acceptors (Lipinski definition) is 4. The Morgan fingerprint density at radius 2 is 2.05 bits per heavy atom. The molecule has 1 aromatic carbocycles. The summed E-state index contributed by atoms with van der Waals surface area (Å²) in [6.45, 7) is 3.47. The van der Waals surface area contributed by atoms with Gasteiger partial charge in [-0.3, -0.25) is 4.79 Å². The Labute approximate surface area is 130 Å². The van der Waals surface area contributed by atoms with Gasteiger partial charge >= 0.3 is 0 Å². The number of fused-ring (bicyclic) bond motifs is 1. The number of nitrogens with zero attached hydrogens (tertiary/aromatic N) is 1. The summed E-state index contributed by atoms with van der Waals surface area (Å²) >= 11 is 0. The maximum Gasteiger partial charge on any atom is 0.254 e. The highest BCUT2D eigenvalue weighted by Crippen LogP contribution is 2.31. The standard InChI is InChI=1S/C15H20N2O3.ClH/c16-9-11-4-5-17(10-11)15(18)12-2-3-13-14(8-12)20-7-1-6-19-13;/h2-3,8,11H,1,4-7,9-10,16H2;1H. The number of rotatable bonds is 2. The Morgan fingerprint density at radius 3 is 2.76 bits per heavy atom. The van der Waals surface area contributed by atoms with Gasteiger partial charge in [0, 0.05) is 25.1 Å². The number of carbonyl (C=O) groups excluding carboxylic acids is 1. The van der Waals surface area contributed by atoms with Crippen molar-refractivity contribution in [2.75, 3.05) is 32.8 Å². The van der Waals surface area contributed by atoms with E-state index in [1.807, 2.05) is 17.0 Å². The Bertz CT molecular complexity index is 510. The van der Waals surface area contributed by atoms with Gasteiger partial charge in [-0.1, -0.05) is 0 Å². The monoisotopic (exact) mass is 312 g/mol. The molecule has 3 rings (SSSR count). The van der Waals surface area contributed by atoms with Gasteiger partial charge in [-0.15, -0.1) is 12.4 Å². The minimum Gasteiger partial charge on any atom is -0.490 e. The summed E-state index contributed by atoms with van der Waals surface area (Å²) in [4.78, 5) is 14.3. The molecule has 2 N–H and O–H groups in total. The zero-order valence-corrected chi connectivity index (χ0v) is 12.7. The third kappa shape index (κ3) is 3.41. The third-order valence-corrected chi connectivity index (χ3v) is 3.90. The van der Waals surface area contributed by atoms with Crippen molar-refractivity contribution >= 4 is 18.3 Å². The molecule has 1 unspecified atom stereocenters. The lowest BCUT2D eigenvalue weighted by molar-refractivity contribution is 0.0787. The van der Waals surface area contributed by atoms with Crippen molar-refractivity contribution < 1.29 is 14.3 Å². The fourth-order valence-corrected chi connectivity index (χ4v) is 2.69. The van der Waals surface area contributed by atoms with E-state index in [-0.39, 0.29) is 18.3 Å². The van der Waals surface area contributed by atoms with Gasteiger partial charge in [-0.05, 0) is 37.1 Å². The van der Waals surface area contributed by atoms with Gasteiger partial charge in [0.2, 0.25) is 0 Å². The van der Waals surface area contributed by atoms with E-state index >= 15 is 0 Å². The zero-order valence-electron chi connectivity index (χ0n) is 11.9. The van der Waals surface area contributed by atoms with Gasteiger partial charge in [-0.25, -0.2) is 0 Å². The SMILES string of the molecule is Cl.NCC1CCN(C(=O)c2ccc3c(c2)OCCCO3)C1. The first-order valence-corrected chi connectivity index (χ1v) is 7.17. The Morgan fingerprint density at radius 1 is 1.29 bits per heavy atom. The fraction of sp³-hybridized carbons (Fsp3) is 0.533. The van der Waals surface area contributed by atoms with E-state index in [1.165, 1.54) is 0 Å². The van der Waals surface area contributed by atoms with E-state index in [4.69, 9.17) is 15.2 Å². The number of likely N-dealkylation sites (tertiary alicyclic amines) is 1. The topological polar surface area (TPSA) is 64.8 Å². The number of carbonyl (C=O) groups is 1. The predicted octanol–water partition coefficient (Wildman–Crippen LogP) is 1.69. The Hall–Kier alpha value is -1.46. The van der Waals surface area contributed by atoms with Crippen molar-refractivity contribution in [2.45, 2.75) is 12.8 Å². The molecule has 0 radical (unpaired) electrons. The molecule has 1 fully saturated rings. The summed E-state index contributed by atoms with van der Waals surface area (Å²) in [6.07, 6.45) is 1.86. The summed E-state index contributed by atoms with van der Waals surface area (Å²) in [5.41, 5.74) is 6.33. The van der Waals surface area contributed by atoms with E-state index in [0.29, 0.717) is 37.0 Å². The summed E-state index contributed by atoms with van der Waals surface area (Å²) in [5, 5.41) is 0. The average Bonchev–Trinajstić information content (AvgIpc) is 2.84. The lowest BCUT2D eigenvalue weighted by Gasteiger charge is -2.17. The number of hydrogen-bond donors (Lipinski definition) is 1. The van der Waals surface area contributed by atoms with Crippen molar-refractivity contribution in [3.05, 3.63) is 23.8 Å². The molecule has 0 aromatic heterocycles. The predicted molar refractivity (Wildman–Crippen MR) is 82.4 cm³/mol. The molecule has 0 spiro atoms. The lowest BCUT2D eigenvalue weighted by atomic mass is 10.1. The molecule has 116 valence electrons. The van der Waals surface area contributed by atoms with Crippen molar-refractivity contribution in [1.82, 2.24) is 4.90 Å². The number of ether oxygens (including phenoxy) is 2. The maximum absolute atomic E-state index is 12.5. The average molecular weight is 313 g/mol. The van der Waals surface area contributed by atoms with Crippen molar-refractivity contribution in [3.8, 4) is 11.5 Å².